The summed E-state index contributed by atoms with van der Waals surface area (Å²) in [7, 11) is 0. The molecule has 0 aliphatic heterocycles. The summed E-state index contributed by atoms with van der Waals surface area (Å²) < 4.78 is 13.1. The van der Waals surface area contributed by atoms with Crippen LogP contribution in [-0.4, -0.2) is 11.5 Å². The van der Waals surface area contributed by atoms with Crippen molar-refractivity contribution in [2.24, 2.45) is 5.73 Å². The van der Waals surface area contributed by atoms with Gasteiger partial charge in [-0.2, -0.15) is 0 Å². The lowest BCUT2D eigenvalue weighted by Crippen LogP contribution is -2.21. The minimum atomic E-state index is -0.265. The number of nitrogens with zero attached hydrogens (tertiary/aromatic N) is 1. The van der Waals surface area contributed by atoms with Crippen LogP contribution < -0.4 is 11.1 Å². The van der Waals surface area contributed by atoms with Crippen LogP contribution >= 0.6 is 0 Å². The standard InChI is InChI=1S/C14H16FN3/c1-10-5-6-17-9-13(10)14(8-16)18-12-4-2-3-11(15)7-12/h2-7,9,14,18H,8,16H2,1H3. The molecule has 1 aromatic heterocycles. The number of halogens is 1. The number of rotatable bonds is 4. The van der Waals surface area contributed by atoms with Crippen molar-refractivity contribution >= 4 is 5.69 Å². The van der Waals surface area contributed by atoms with Crippen LogP contribution in [0.4, 0.5) is 10.1 Å². The Labute approximate surface area is 106 Å². The summed E-state index contributed by atoms with van der Waals surface area (Å²) in [6.07, 6.45) is 3.54. The van der Waals surface area contributed by atoms with Crippen molar-refractivity contribution in [3.05, 3.63) is 59.7 Å². The van der Waals surface area contributed by atoms with Crippen LogP contribution in [0.3, 0.4) is 0 Å². The van der Waals surface area contributed by atoms with Gasteiger partial charge >= 0.3 is 0 Å². The van der Waals surface area contributed by atoms with E-state index < -0.39 is 0 Å². The molecule has 4 heteroatoms. The van der Waals surface area contributed by atoms with E-state index in [1.54, 1.807) is 18.5 Å². The van der Waals surface area contributed by atoms with Crippen molar-refractivity contribution in [2.45, 2.75) is 13.0 Å². The van der Waals surface area contributed by atoms with Crippen molar-refractivity contribution < 1.29 is 4.39 Å². The number of nitrogens with two attached hydrogens (primary N) is 1. The van der Waals surface area contributed by atoms with Crippen LogP contribution in [0.1, 0.15) is 17.2 Å². The molecule has 94 valence electrons. The van der Waals surface area contributed by atoms with Crippen molar-refractivity contribution in [3.63, 3.8) is 0 Å². The van der Waals surface area contributed by atoms with Gasteiger partial charge < -0.3 is 11.1 Å². The van der Waals surface area contributed by atoms with Crippen LogP contribution in [0.25, 0.3) is 0 Å². The Morgan fingerprint density at radius 2 is 2.22 bits per heavy atom. The topological polar surface area (TPSA) is 50.9 Å². The molecular weight excluding hydrogens is 229 g/mol. The van der Waals surface area contributed by atoms with Gasteiger partial charge in [0, 0.05) is 24.6 Å². The second-order valence-electron chi connectivity index (χ2n) is 4.18. The van der Waals surface area contributed by atoms with Gasteiger partial charge in [0.2, 0.25) is 0 Å². The monoisotopic (exact) mass is 245 g/mol. The summed E-state index contributed by atoms with van der Waals surface area (Å²) in [4.78, 5) is 4.10. The Kier molecular flexibility index (Phi) is 3.89. The zero-order valence-corrected chi connectivity index (χ0v) is 10.2. The summed E-state index contributed by atoms with van der Waals surface area (Å²) in [5, 5.41) is 3.22. The van der Waals surface area contributed by atoms with Gasteiger partial charge in [0.25, 0.3) is 0 Å². The lowest BCUT2D eigenvalue weighted by atomic mass is 10.0. The summed E-state index contributed by atoms with van der Waals surface area (Å²) in [6, 6.07) is 8.22. The summed E-state index contributed by atoms with van der Waals surface area (Å²) >= 11 is 0. The fourth-order valence-corrected chi connectivity index (χ4v) is 1.88. The Balaban J connectivity index is 2.23. The van der Waals surface area contributed by atoms with E-state index in [9.17, 15) is 4.39 Å². The molecule has 0 saturated carbocycles. The fraction of sp³-hybridized carbons (Fsp3) is 0.214. The molecule has 2 aromatic rings. The Morgan fingerprint density at radius 3 is 2.89 bits per heavy atom. The van der Waals surface area contributed by atoms with Gasteiger partial charge in [0.05, 0.1) is 6.04 Å². The van der Waals surface area contributed by atoms with Crippen LogP contribution in [0.15, 0.2) is 42.7 Å². The number of nitrogens with one attached hydrogen (secondary N) is 1. The Bertz CT molecular complexity index is 528. The van der Waals surface area contributed by atoms with Crippen molar-refractivity contribution in [3.8, 4) is 0 Å². The molecular formula is C14H16FN3. The van der Waals surface area contributed by atoms with E-state index in [4.69, 9.17) is 5.73 Å². The van der Waals surface area contributed by atoms with E-state index in [1.165, 1.54) is 12.1 Å². The lowest BCUT2D eigenvalue weighted by molar-refractivity contribution is 0.627. The first kappa shape index (κ1) is 12.5. The number of hydrogen-bond donors (Lipinski definition) is 2. The average molecular weight is 245 g/mol. The zero-order chi connectivity index (χ0) is 13.0. The molecule has 1 aromatic carbocycles. The molecule has 0 amide bonds. The number of hydrogen-bond acceptors (Lipinski definition) is 3. The van der Waals surface area contributed by atoms with E-state index in [-0.39, 0.29) is 11.9 Å². The molecule has 3 nitrogen and oxygen atoms in total. The number of aryl methyl sites for hydroxylation is 1. The van der Waals surface area contributed by atoms with E-state index in [2.05, 4.69) is 10.3 Å². The van der Waals surface area contributed by atoms with Gasteiger partial charge in [0.1, 0.15) is 5.82 Å². The van der Waals surface area contributed by atoms with Crippen molar-refractivity contribution in [1.29, 1.82) is 0 Å². The molecule has 3 N–H and O–H groups in total. The molecule has 1 unspecified atom stereocenters. The first-order valence-electron chi connectivity index (χ1n) is 5.83. The molecule has 0 radical (unpaired) electrons. The number of aromatic nitrogens is 1. The van der Waals surface area contributed by atoms with Gasteiger partial charge in [-0.05, 0) is 42.3 Å². The summed E-state index contributed by atoms with van der Waals surface area (Å²) in [5.41, 5.74) is 8.64. The minimum Gasteiger partial charge on any atom is -0.377 e. The highest BCUT2D eigenvalue weighted by Gasteiger charge is 2.12. The smallest absolute Gasteiger partial charge is 0.125 e. The van der Waals surface area contributed by atoms with Crippen LogP contribution in [0.2, 0.25) is 0 Å². The number of pyridine rings is 1. The van der Waals surface area contributed by atoms with Crippen molar-refractivity contribution in [2.75, 3.05) is 11.9 Å². The summed E-state index contributed by atoms with van der Waals surface area (Å²) in [6.45, 7) is 2.43. The maximum Gasteiger partial charge on any atom is 0.125 e. The first-order valence-corrected chi connectivity index (χ1v) is 5.83. The second kappa shape index (κ2) is 5.60. The van der Waals surface area contributed by atoms with Crippen LogP contribution in [0, 0.1) is 12.7 Å². The molecule has 1 heterocycles. The maximum absolute atomic E-state index is 13.1. The van der Waals surface area contributed by atoms with Gasteiger partial charge in [-0.1, -0.05) is 6.07 Å². The number of benzene rings is 1. The predicted molar refractivity (Wildman–Crippen MR) is 70.8 cm³/mol. The third-order valence-electron chi connectivity index (χ3n) is 2.86. The SMILES string of the molecule is Cc1ccncc1C(CN)Nc1cccc(F)c1. The van der Waals surface area contributed by atoms with Gasteiger partial charge in [-0.3, -0.25) is 4.98 Å². The third kappa shape index (κ3) is 2.84. The van der Waals surface area contributed by atoms with Gasteiger partial charge in [-0.15, -0.1) is 0 Å². The van der Waals surface area contributed by atoms with Crippen LogP contribution in [-0.2, 0) is 0 Å². The minimum absolute atomic E-state index is 0.0690. The molecule has 1 atom stereocenters. The molecule has 0 aliphatic rings. The molecule has 2 rings (SSSR count). The third-order valence-corrected chi connectivity index (χ3v) is 2.86. The lowest BCUT2D eigenvalue weighted by Gasteiger charge is -2.20. The Morgan fingerprint density at radius 1 is 1.39 bits per heavy atom. The molecule has 0 saturated heterocycles. The fourth-order valence-electron chi connectivity index (χ4n) is 1.88. The normalized spacial score (nSPS) is 12.2. The van der Waals surface area contributed by atoms with Crippen molar-refractivity contribution in [1.82, 2.24) is 4.98 Å². The van der Waals surface area contributed by atoms with Crippen LogP contribution in [0.5, 0.6) is 0 Å². The number of anilines is 1. The largest absolute Gasteiger partial charge is 0.377 e. The molecule has 0 spiro atoms. The Hall–Kier alpha value is -1.94. The summed E-state index contributed by atoms with van der Waals surface area (Å²) in [5.74, 6) is -0.265. The highest BCUT2D eigenvalue weighted by Crippen LogP contribution is 2.21. The van der Waals surface area contributed by atoms with E-state index >= 15 is 0 Å². The molecule has 0 fully saturated rings. The molecule has 18 heavy (non-hydrogen) atoms. The molecule has 0 aliphatic carbocycles. The highest BCUT2D eigenvalue weighted by atomic mass is 19.1. The molecule has 0 bridgehead atoms. The van der Waals surface area contributed by atoms with Gasteiger partial charge in [-0.25, -0.2) is 4.39 Å². The van der Waals surface area contributed by atoms with E-state index in [0.717, 1.165) is 11.1 Å². The van der Waals surface area contributed by atoms with E-state index in [1.807, 2.05) is 19.1 Å². The quantitative estimate of drug-likeness (QED) is 0.870. The average Bonchev–Trinajstić information content (AvgIpc) is 2.37. The second-order valence-corrected chi connectivity index (χ2v) is 4.18. The highest BCUT2D eigenvalue weighted by molar-refractivity contribution is 5.46. The van der Waals surface area contributed by atoms with Gasteiger partial charge in [0.15, 0.2) is 0 Å². The first-order chi connectivity index (χ1) is 8.70. The zero-order valence-electron chi connectivity index (χ0n) is 10.2. The van der Waals surface area contributed by atoms with E-state index in [0.29, 0.717) is 12.2 Å². The predicted octanol–water partition coefficient (Wildman–Crippen LogP) is 2.64. The maximum atomic E-state index is 13.1.